The van der Waals surface area contributed by atoms with Gasteiger partial charge in [-0.2, -0.15) is 0 Å². The molecule has 5 heteroatoms. The van der Waals surface area contributed by atoms with Crippen LogP contribution < -0.4 is 15.4 Å². The Bertz CT molecular complexity index is 612. The molecule has 0 heterocycles. The van der Waals surface area contributed by atoms with Crippen LogP contribution in [0.5, 0.6) is 5.75 Å². The van der Waals surface area contributed by atoms with Crippen LogP contribution in [0.4, 0.5) is 5.69 Å². The summed E-state index contributed by atoms with van der Waals surface area (Å²) < 4.78 is 5.67. The van der Waals surface area contributed by atoms with Crippen LogP contribution in [0.15, 0.2) is 48.5 Å². The molecule has 2 aromatic rings. The number of halogens is 1. The van der Waals surface area contributed by atoms with Crippen LogP contribution in [0.1, 0.15) is 15.9 Å². The van der Waals surface area contributed by atoms with Crippen LogP contribution in [-0.4, -0.2) is 26.6 Å². The summed E-state index contributed by atoms with van der Waals surface area (Å²) in [5.74, 6) is 0.0656. The fourth-order valence-corrected chi connectivity index (χ4v) is 2.04. The van der Waals surface area contributed by atoms with Crippen molar-refractivity contribution in [3.63, 3.8) is 0 Å². The minimum Gasteiger partial charge on any atom is -0.492 e. The number of amides is 1. The van der Waals surface area contributed by atoms with Crippen molar-refractivity contribution in [1.29, 1.82) is 0 Å². The molecule has 0 fully saturated rings. The number of hydrogen-bond acceptors (Lipinski definition) is 3. The average Bonchev–Trinajstić information content (AvgIpc) is 2.48. The van der Waals surface area contributed by atoms with Crippen molar-refractivity contribution in [2.75, 3.05) is 25.6 Å². The molecule has 118 valence electrons. The Morgan fingerprint density at radius 3 is 2.32 bits per heavy atom. The second-order valence-corrected chi connectivity index (χ2v) is 5.02. The molecule has 2 rings (SSSR count). The lowest BCUT2D eigenvalue weighted by atomic mass is 10.1. The molecule has 0 aromatic heterocycles. The van der Waals surface area contributed by atoms with E-state index in [1.165, 1.54) is 11.3 Å². The Hall–Kier alpha value is -2.20. The minimum atomic E-state index is -0.471. The molecular weight excluding hydrogens is 300 g/mol. The fourth-order valence-electron chi connectivity index (χ4n) is 2.04. The molecule has 0 atom stereocenters. The summed E-state index contributed by atoms with van der Waals surface area (Å²) in [6, 6.07) is 15.3. The van der Waals surface area contributed by atoms with Crippen molar-refractivity contribution in [2.45, 2.75) is 6.42 Å². The quantitative estimate of drug-likeness (QED) is 0.890. The van der Waals surface area contributed by atoms with Gasteiger partial charge in [0.2, 0.25) is 0 Å². The van der Waals surface area contributed by atoms with Gasteiger partial charge in [0.15, 0.2) is 0 Å². The standard InChI is InChI=1S/C17H20N2O2.ClH/c1-19(2)14-9-7-13(8-10-14)11-12-21-16-6-4-3-5-15(16)17(18)20;/h3-10H,11-12H2,1-2H3,(H2,18,20);1H. The highest BCUT2D eigenvalue weighted by Gasteiger charge is 2.07. The molecule has 0 saturated carbocycles. The predicted molar refractivity (Wildman–Crippen MR) is 92.2 cm³/mol. The summed E-state index contributed by atoms with van der Waals surface area (Å²) in [5, 5.41) is 0. The third-order valence-corrected chi connectivity index (χ3v) is 3.25. The van der Waals surface area contributed by atoms with E-state index in [4.69, 9.17) is 10.5 Å². The highest BCUT2D eigenvalue weighted by molar-refractivity contribution is 5.95. The summed E-state index contributed by atoms with van der Waals surface area (Å²) >= 11 is 0. The fraction of sp³-hybridized carbons (Fsp3) is 0.235. The maximum absolute atomic E-state index is 11.3. The van der Waals surface area contributed by atoms with E-state index in [0.717, 1.165) is 6.42 Å². The number of carbonyl (C=O) groups excluding carboxylic acids is 1. The zero-order valence-corrected chi connectivity index (χ0v) is 13.6. The molecule has 0 unspecified atom stereocenters. The van der Waals surface area contributed by atoms with Crippen molar-refractivity contribution >= 4 is 24.0 Å². The normalized spacial score (nSPS) is 9.73. The van der Waals surface area contributed by atoms with Crippen molar-refractivity contribution < 1.29 is 9.53 Å². The number of benzene rings is 2. The largest absolute Gasteiger partial charge is 0.492 e. The Labute approximate surface area is 137 Å². The number of hydrogen-bond donors (Lipinski definition) is 1. The number of primary amides is 1. The highest BCUT2D eigenvalue weighted by Crippen LogP contribution is 2.18. The molecule has 0 spiro atoms. The van der Waals surface area contributed by atoms with E-state index in [1.54, 1.807) is 18.2 Å². The zero-order valence-electron chi connectivity index (χ0n) is 12.8. The molecule has 0 saturated heterocycles. The van der Waals surface area contributed by atoms with E-state index in [2.05, 4.69) is 29.2 Å². The first-order valence-electron chi connectivity index (χ1n) is 6.86. The summed E-state index contributed by atoms with van der Waals surface area (Å²) in [6.07, 6.45) is 0.779. The summed E-state index contributed by atoms with van der Waals surface area (Å²) in [7, 11) is 4.03. The molecule has 0 aliphatic rings. The monoisotopic (exact) mass is 320 g/mol. The zero-order chi connectivity index (χ0) is 15.2. The molecule has 1 amide bonds. The van der Waals surface area contributed by atoms with E-state index in [9.17, 15) is 4.79 Å². The number of ether oxygens (including phenoxy) is 1. The van der Waals surface area contributed by atoms with Gasteiger partial charge in [-0.15, -0.1) is 12.4 Å². The van der Waals surface area contributed by atoms with Gasteiger partial charge < -0.3 is 15.4 Å². The van der Waals surface area contributed by atoms with Gasteiger partial charge in [0.1, 0.15) is 5.75 Å². The van der Waals surface area contributed by atoms with Gasteiger partial charge in [0.05, 0.1) is 12.2 Å². The third-order valence-electron chi connectivity index (χ3n) is 3.25. The molecule has 2 aromatic carbocycles. The van der Waals surface area contributed by atoms with Gasteiger partial charge in [0.25, 0.3) is 5.91 Å². The first-order chi connectivity index (χ1) is 10.1. The second kappa shape index (κ2) is 8.29. The maximum atomic E-state index is 11.3. The van der Waals surface area contributed by atoms with Gasteiger partial charge in [0, 0.05) is 26.2 Å². The van der Waals surface area contributed by atoms with Crippen LogP contribution in [0.2, 0.25) is 0 Å². The number of nitrogens with zero attached hydrogens (tertiary/aromatic N) is 1. The van der Waals surface area contributed by atoms with Crippen molar-refractivity contribution in [1.82, 2.24) is 0 Å². The van der Waals surface area contributed by atoms with Crippen LogP contribution in [0, 0.1) is 0 Å². The molecule has 0 bridgehead atoms. The van der Waals surface area contributed by atoms with Gasteiger partial charge in [-0.3, -0.25) is 4.79 Å². The van der Waals surface area contributed by atoms with Crippen molar-refractivity contribution in [3.8, 4) is 5.75 Å². The summed E-state index contributed by atoms with van der Waals surface area (Å²) in [6.45, 7) is 0.506. The molecule has 22 heavy (non-hydrogen) atoms. The Balaban J connectivity index is 0.00000242. The Kier molecular flexibility index (Phi) is 6.73. The molecule has 4 nitrogen and oxygen atoms in total. The van der Waals surface area contributed by atoms with Crippen LogP contribution >= 0.6 is 12.4 Å². The maximum Gasteiger partial charge on any atom is 0.252 e. The van der Waals surface area contributed by atoms with Crippen LogP contribution in [0.3, 0.4) is 0 Å². The third kappa shape index (κ3) is 4.67. The van der Waals surface area contributed by atoms with E-state index in [-0.39, 0.29) is 12.4 Å². The van der Waals surface area contributed by atoms with Crippen molar-refractivity contribution in [3.05, 3.63) is 59.7 Å². The number of rotatable bonds is 6. The number of anilines is 1. The summed E-state index contributed by atoms with van der Waals surface area (Å²) in [4.78, 5) is 13.4. The molecular formula is C17H21ClN2O2. The lowest BCUT2D eigenvalue weighted by Gasteiger charge is -2.13. The predicted octanol–water partition coefficient (Wildman–Crippen LogP) is 2.89. The number of nitrogens with two attached hydrogens (primary N) is 1. The smallest absolute Gasteiger partial charge is 0.252 e. The first kappa shape index (κ1) is 17.9. The van der Waals surface area contributed by atoms with Gasteiger partial charge >= 0.3 is 0 Å². The highest BCUT2D eigenvalue weighted by atomic mass is 35.5. The first-order valence-corrected chi connectivity index (χ1v) is 6.86. The molecule has 0 radical (unpaired) electrons. The number of para-hydroxylation sites is 1. The van der Waals surface area contributed by atoms with Gasteiger partial charge in [-0.1, -0.05) is 24.3 Å². The Morgan fingerprint density at radius 1 is 1.09 bits per heavy atom. The van der Waals surface area contributed by atoms with E-state index < -0.39 is 5.91 Å². The molecule has 0 aliphatic heterocycles. The minimum absolute atomic E-state index is 0. The van der Waals surface area contributed by atoms with Crippen molar-refractivity contribution in [2.24, 2.45) is 5.73 Å². The van der Waals surface area contributed by atoms with E-state index in [1.807, 2.05) is 20.2 Å². The average molecular weight is 321 g/mol. The summed E-state index contributed by atoms with van der Waals surface area (Å²) in [5.41, 5.74) is 8.09. The second-order valence-electron chi connectivity index (χ2n) is 5.02. The van der Waals surface area contributed by atoms with Crippen LogP contribution in [0.25, 0.3) is 0 Å². The van der Waals surface area contributed by atoms with Gasteiger partial charge in [-0.05, 0) is 29.8 Å². The molecule has 2 N–H and O–H groups in total. The lowest BCUT2D eigenvalue weighted by molar-refractivity contribution is 0.0996. The topological polar surface area (TPSA) is 55.6 Å². The van der Waals surface area contributed by atoms with Gasteiger partial charge in [-0.25, -0.2) is 0 Å². The lowest BCUT2D eigenvalue weighted by Crippen LogP contribution is -2.13. The number of carbonyl (C=O) groups is 1. The van der Waals surface area contributed by atoms with Crippen LogP contribution in [-0.2, 0) is 6.42 Å². The van der Waals surface area contributed by atoms with E-state index >= 15 is 0 Å². The molecule has 0 aliphatic carbocycles. The van der Waals surface area contributed by atoms with E-state index in [0.29, 0.717) is 17.9 Å². The Morgan fingerprint density at radius 2 is 1.73 bits per heavy atom. The SMILES string of the molecule is CN(C)c1ccc(CCOc2ccccc2C(N)=O)cc1.Cl.